The molecule has 2 aromatic rings. The number of piperidine rings is 1. The highest BCUT2D eigenvalue weighted by molar-refractivity contribution is 7.89. The Labute approximate surface area is 195 Å². The molecule has 0 unspecified atom stereocenters. The molecule has 0 saturated carbocycles. The minimum absolute atomic E-state index is 0.0438. The summed E-state index contributed by atoms with van der Waals surface area (Å²) in [5, 5.41) is 4.34. The van der Waals surface area contributed by atoms with E-state index in [1.54, 1.807) is 5.32 Å². The van der Waals surface area contributed by atoms with E-state index in [-0.39, 0.29) is 29.2 Å². The fraction of sp³-hybridized carbons (Fsp3) is 0.364. The third kappa shape index (κ3) is 6.26. The number of amides is 2. The van der Waals surface area contributed by atoms with Crippen molar-refractivity contribution < 1.29 is 35.9 Å². The van der Waals surface area contributed by atoms with Crippen LogP contribution >= 0.6 is 0 Å². The molecule has 1 aliphatic heterocycles. The van der Waals surface area contributed by atoms with Crippen LogP contribution < -0.4 is 15.4 Å². The number of hydrogen-bond donors (Lipinski definition) is 2. The number of ether oxygens (including phenoxy) is 1. The number of rotatable bonds is 7. The number of carbonyl (C=O) groups excluding carboxylic acids is 2. The lowest BCUT2D eigenvalue weighted by molar-refractivity contribution is -0.123. The van der Waals surface area contributed by atoms with Gasteiger partial charge in [0.25, 0.3) is 5.91 Å². The molecule has 3 rings (SSSR count). The summed E-state index contributed by atoms with van der Waals surface area (Å²) in [6.07, 6.45) is -3.71. The summed E-state index contributed by atoms with van der Waals surface area (Å²) >= 11 is 0. The smallest absolute Gasteiger partial charge is 0.405 e. The first-order valence-electron chi connectivity index (χ1n) is 10.4. The molecule has 0 aromatic heterocycles. The first kappa shape index (κ1) is 25.5. The third-order valence-corrected chi connectivity index (χ3v) is 7.21. The summed E-state index contributed by atoms with van der Waals surface area (Å²) < 4.78 is 69.6. The van der Waals surface area contributed by atoms with Crippen LogP contribution in [0.1, 0.15) is 23.2 Å². The lowest BCUT2D eigenvalue weighted by atomic mass is 9.98. The zero-order valence-corrected chi connectivity index (χ0v) is 19.1. The van der Waals surface area contributed by atoms with Gasteiger partial charge in [-0.1, -0.05) is 12.1 Å². The van der Waals surface area contributed by atoms with Crippen molar-refractivity contribution in [2.45, 2.75) is 23.9 Å². The lowest BCUT2D eigenvalue weighted by Gasteiger charge is -2.31. The molecule has 1 aliphatic rings. The topological polar surface area (TPSA) is 105 Å². The van der Waals surface area contributed by atoms with Crippen LogP contribution in [0.3, 0.4) is 0 Å². The lowest BCUT2D eigenvalue weighted by Crippen LogP contribution is -2.43. The molecule has 0 bridgehead atoms. The molecule has 1 saturated heterocycles. The third-order valence-electron chi connectivity index (χ3n) is 5.33. The maximum absolute atomic E-state index is 13.0. The number of alkyl halides is 3. The fourth-order valence-electron chi connectivity index (χ4n) is 3.57. The summed E-state index contributed by atoms with van der Waals surface area (Å²) in [5.74, 6) is -1.70. The zero-order chi connectivity index (χ0) is 24.9. The average Bonchev–Trinajstić information content (AvgIpc) is 2.82. The minimum atomic E-state index is -4.57. The molecule has 2 aromatic carbocycles. The monoisotopic (exact) mass is 499 g/mol. The number of halogens is 3. The van der Waals surface area contributed by atoms with Crippen LogP contribution in [-0.2, 0) is 14.8 Å². The second kappa shape index (κ2) is 10.4. The quantitative estimate of drug-likeness (QED) is 0.610. The zero-order valence-electron chi connectivity index (χ0n) is 18.3. The Morgan fingerprint density at radius 3 is 2.44 bits per heavy atom. The largest absolute Gasteiger partial charge is 0.497 e. The molecular weight excluding hydrogens is 475 g/mol. The predicted octanol–water partition coefficient (Wildman–Crippen LogP) is 3.03. The van der Waals surface area contributed by atoms with Crippen LogP contribution in [0.2, 0.25) is 0 Å². The van der Waals surface area contributed by atoms with Gasteiger partial charge >= 0.3 is 6.18 Å². The maximum Gasteiger partial charge on any atom is 0.405 e. The van der Waals surface area contributed by atoms with Gasteiger partial charge in [0.2, 0.25) is 15.9 Å². The van der Waals surface area contributed by atoms with E-state index in [4.69, 9.17) is 4.74 Å². The molecule has 184 valence electrons. The first-order valence-corrected chi connectivity index (χ1v) is 11.8. The van der Waals surface area contributed by atoms with E-state index in [1.165, 1.54) is 59.9 Å². The summed E-state index contributed by atoms with van der Waals surface area (Å²) in [4.78, 5) is 25.2. The first-order chi connectivity index (χ1) is 16.0. The van der Waals surface area contributed by atoms with Gasteiger partial charge in [0.05, 0.1) is 29.2 Å². The van der Waals surface area contributed by atoms with Crippen molar-refractivity contribution in [1.29, 1.82) is 0 Å². The normalized spacial score (nSPS) is 17.1. The Balaban J connectivity index is 1.71. The average molecular weight is 500 g/mol. The molecule has 2 N–H and O–H groups in total. The van der Waals surface area contributed by atoms with Crippen LogP contribution in [-0.4, -0.2) is 57.5 Å². The van der Waals surface area contributed by atoms with Crippen molar-refractivity contribution in [3.63, 3.8) is 0 Å². The maximum atomic E-state index is 13.0. The van der Waals surface area contributed by atoms with E-state index in [0.717, 1.165) is 0 Å². The van der Waals surface area contributed by atoms with E-state index in [9.17, 15) is 31.2 Å². The summed E-state index contributed by atoms with van der Waals surface area (Å²) in [6.45, 7) is -1.33. The molecule has 1 fully saturated rings. The number of hydrogen-bond acceptors (Lipinski definition) is 5. The Bertz CT molecular complexity index is 1140. The van der Waals surface area contributed by atoms with Crippen molar-refractivity contribution in [1.82, 2.24) is 9.62 Å². The molecule has 1 heterocycles. The van der Waals surface area contributed by atoms with Gasteiger partial charge in [0.15, 0.2) is 0 Å². The highest BCUT2D eigenvalue weighted by Crippen LogP contribution is 2.26. The van der Waals surface area contributed by atoms with Gasteiger partial charge in [-0.15, -0.1) is 0 Å². The number of methoxy groups -OCH3 is 1. The number of nitrogens with zero attached hydrogens (tertiary/aromatic N) is 1. The van der Waals surface area contributed by atoms with E-state index >= 15 is 0 Å². The SMILES string of the molecule is COc1ccc(S(=O)(=O)N2CCC[C@@H](C(=O)Nc3ccccc3C(=O)NCC(F)(F)F)C2)cc1. The highest BCUT2D eigenvalue weighted by atomic mass is 32.2. The van der Waals surface area contributed by atoms with Gasteiger partial charge in [-0.2, -0.15) is 17.5 Å². The van der Waals surface area contributed by atoms with Gasteiger partial charge in [0.1, 0.15) is 12.3 Å². The Hall–Kier alpha value is -3.12. The number of benzene rings is 2. The summed E-state index contributed by atoms with van der Waals surface area (Å²) in [5.41, 5.74) is -0.0825. The van der Waals surface area contributed by atoms with E-state index < -0.39 is 40.5 Å². The van der Waals surface area contributed by atoms with Crippen molar-refractivity contribution >= 4 is 27.5 Å². The minimum Gasteiger partial charge on any atom is -0.497 e. The second-order valence-electron chi connectivity index (χ2n) is 7.71. The number of carbonyl (C=O) groups is 2. The molecule has 2 amide bonds. The highest BCUT2D eigenvalue weighted by Gasteiger charge is 2.34. The van der Waals surface area contributed by atoms with Gasteiger partial charge in [-0.05, 0) is 49.2 Å². The van der Waals surface area contributed by atoms with Gasteiger partial charge < -0.3 is 15.4 Å². The number of sulfonamides is 1. The van der Waals surface area contributed by atoms with Crippen molar-refractivity contribution in [2.75, 3.05) is 32.1 Å². The number of anilines is 1. The van der Waals surface area contributed by atoms with Crippen molar-refractivity contribution in [3.8, 4) is 5.75 Å². The Morgan fingerprint density at radius 1 is 1.12 bits per heavy atom. The van der Waals surface area contributed by atoms with E-state index in [2.05, 4.69) is 5.32 Å². The van der Waals surface area contributed by atoms with Crippen molar-refractivity contribution in [3.05, 3.63) is 54.1 Å². The number of para-hydroxylation sites is 1. The molecule has 34 heavy (non-hydrogen) atoms. The van der Waals surface area contributed by atoms with Gasteiger partial charge in [-0.25, -0.2) is 8.42 Å². The molecule has 8 nitrogen and oxygen atoms in total. The molecule has 0 spiro atoms. The summed E-state index contributed by atoms with van der Waals surface area (Å²) in [7, 11) is -2.37. The molecular formula is C22H24F3N3O5S. The van der Waals surface area contributed by atoms with Gasteiger partial charge in [0, 0.05) is 13.1 Å². The van der Waals surface area contributed by atoms with Crippen LogP contribution in [0.15, 0.2) is 53.4 Å². The molecule has 1 atom stereocenters. The fourth-order valence-corrected chi connectivity index (χ4v) is 5.10. The van der Waals surface area contributed by atoms with Crippen LogP contribution in [0.5, 0.6) is 5.75 Å². The standard InChI is InChI=1S/C22H24F3N3O5S/c1-33-16-8-10-17(11-9-16)34(31,32)28-12-4-5-15(13-28)20(29)27-19-7-3-2-6-18(19)21(30)26-14-22(23,24)25/h2-3,6-11,15H,4-5,12-14H2,1H3,(H,26,30)(H,27,29)/t15-/m1/s1. The molecule has 12 heteroatoms. The molecule has 0 aliphatic carbocycles. The second-order valence-corrected chi connectivity index (χ2v) is 9.65. The van der Waals surface area contributed by atoms with E-state index in [0.29, 0.717) is 18.6 Å². The Kier molecular flexibility index (Phi) is 7.82. The van der Waals surface area contributed by atoms with Crippen LogP contribution in [0.4, 0.5) is 18.9 Å². The van der Waals surface area contributed by atoms with Gasteiger partial charge in [-0.3, -0.25) is 9.59 Å². The van der Waals surface area contributed by atoms with Crippen LogP contribution in [0, 0.1) is 5.92 Å². The number of nitrogens with one attached hydrogen (secondary N) is 2. The van der Waals surface area contributed by atoms with E-state index in [1.807, 2.05) is 0 Å². The molecule has 0 radical (unpaired) electrons. The van der Waals surface area contributed by atoms with Crippen molar-refractivity contribution in [2.24, 2.45) is 5.92 Å². The van der Waals surface area contributed by atoms with Crippen LogP contribution in [0.25, 0.3) is 0 Å². The summed E-state index contributed by atoms with van der Waals surface area (Å²) in [6, 6.07) is 11.6. The predicted molar refractivity (Wildman–Crippen MR) is 118 cm³/mol. The Morgan fingerprint density at radius 2 is 1.79 bits per heavy atom.